The SMILES string of the molecule is O=C(Nc1nnc(S(=O)(=O)NCCCc2cccc3ccccc23)s1)c1ccc(Cl)cc1Cl. The van der Waals surface area contributed by atoms with Gasteiger partial charge in [0.15, 0.2) is 0 Å². The van der Waals surface area contributed by atoms with Gasteiger partial charge in [-0.2, -0.15) is 0 Å². The number of aromatic nitrogens is 2. The van der Waals surface area contributed by atoms with Gasteiger partial charge in [-0.15, -0.1) is 10.2 Å². The lowest BCUT2D eigenvalue weighted by Gasteiger charge is -2.07. The average molecular weight is 521 g/mol. The third-order valence-electron chi connectivity index (χ3n) is 4.83. The van der Waals surface area contributed by atoms with Crippen LogP contribution in [0.15, 0.2) is 65.0 Å². The summed E-state index contributed by atoms with van der Waals surface area (Å²) in [6.07, 6.45) is 1.34. The van der Waals surface area contributed by atoms with Crippen molar-refractivity contribution < 1.29 is 13.2 Å². The number of rotatable bonds is 8. The van der Waals surface area contributed by atoms with Crippen LogP contribution in [0.25, 0.3) is 10.8 Å². The van der Waals surface area contributed by atoms with Gasteiger partial charge in [-0.3, -0.25) is 10.1 Å². The topological polar surface area (TPSA) is 101 Å². The van der Waals surface area contributed by atoms with Gasteiger partial charge in [0, 0.05) is 11.6 Å². The second-order valence-corrected chi connectivity index (χ2v) is 10.9. The van der Waals surface area contributed by atoms with E-state index in [1.165, 1.54) is 18.2 Å². The number of nitrogens with zero attached hydrogens (tertiary/aromatic N) is 2. The monoisotopic (exact) mass is 520 g/mol. The van der Waals surface area contributed by atoms with Crippen LogP contribution in [0.4, 0.5) is 5.13 Å². The summed E-state index contributed by atoms with van der Waals surface area (Å²) >= 11 is 12.6. The number of sulfonamides is 1. The Morgan fingerprint density at radius 1 is 1.00 bits per heavy atom. The molecule has 0 spiro atoms. The largest absolute Gasteiger partial charge is 0.296 e. The summed E-state index contributed by atoms with van der Waals surface area (Å²) in [6, 6.07) is 18.6. The first kappa shape index (κ1) is 23.6. The van der Waals surface area contributed by atoms with Crippen molar-refractivity contribution in [1.82, 2.24) is 14.9 Å². The Morgan fingerprint density at radius 2 is 1.79 bits per heavy atom. The highest BCUT2D eigenvalue weighted by molar-refractivity contribution is 7.91. The molecule has 0 saturated heterocycles. The summed E-state index contributed by atoms with van der Waals surface area (Å²) in [5, 5.41) is 12.9. The molecule has 0 radical (unpaired) electrons. The van der Waals surface area contributed by atoms with Gasteiger partial charge in [-0.25, -0.2) is 13.1 Å². The standard InChI is InChI=1S/C22H18Cl2N4O3S2/c23-16-10-11-18(19(24)13-16)20(29)26-21-27-28-22(32-21)33(30,31)25-12-4-8-15-7-3-6-14-5-1-2-9-17(14)15/h1-3,5-7,9-11,13,25H,4,8,12H2,(H,26,27,29). The molecule has 3 aromatic carbocycles. The molecule has 1 amide bonds. The molecule has 11 heteroatoms. The second-order valence-electron chi connectivity index (χ2n) is 7.09. The lowest BCUT2D eigenvalue weighted by Crippen LogP contribution is -2.25. The molecule has 33 heavy (non-hydrogen) atoms. The first-order chi connectivity index (χ1) is 15.8. The first-order valence-corrected chi connectivity index (χ1v) is 13.0. The number of hydrogen-bond acceptors (Lipinski definition) is 6. The molecule has 0 fully saturated rings. The molecule has 0 bridgehead atoms. The van der Waals surface area contributed by atoms with Crippen LogP contribution in [0.3, 0.4) is 0 Å². The van der Waals surface area contributed by atoms with Crippen molar-refractivity contribution in [3.63, 3.8) is 0 Å². The van der Waals surface area contributed by atoms with Gasteiger partial charge < -0.3 is 0 Å². The lowest BCUT2D eigenvalue weighted by atomic mass is 10.0. The number of hydrogen-bond donors (Lipinski definition) is 2. The van der Waals surface area contributed by atoms with E-state index in [0.29, 0.717) is 11.4 Å². The molecule has 4 rings (SSSR count). The predicted octanol–water partition coefficient (Wildman–Crippen LogP) is 5.16. The quantitative estimate of drug-likeness (QED) is 0.246. The van der Waals surface area contributed by atoms with Crippen molar-refractivity contribution in [2.75, 3.05) is 11.9 Å². The highest BCUT2D eigenvalue weighted by Crippen LogP contribution is 2.24. The third-order valence-corrected chi connectivity index (χ3v) is 8.04. The summed E-state index contributed by atoms with van der Waals surface area (Å²) in [6.45, 7) is 0.243. The van der Waals surface area contributed by atoms with Crippen molar-refractivity contribution in [3.05, 3.63) is 81.8 Å². The van der Waals surface area contributed by atoms with Crippen LogP contribution < -0.4 is 10.0 Å². The van der Waals surface area contributed by atoms with Crippen LogP contribution in [-0.2, 0) is 16.4 Å². The minimum absolute atomic E-state index is 0.0437. The Bertz CT molecular complexity index is 1420. The molecule has 170 valence electrons. The molecule has 0 aliphatic rings. The molecule has 1 aromatic heterocycles. The van der Waals surface area contributed by atoms with Crippen molar-refractivity contribution in [2.24, 2.45) is 0 Å². The van der Waals surface area contributed by atoms with Crippen LogP contribution in [0, 0.1) is 0 Å². The number of carbonyl (C=O) groups is 1. The van der Waals surface area contributed by atoms with E-state index < -0.39 is 15.9 Å². The van der Waals surface area contributed by atoms with Gasteiger partial charge in [0.2, 0.25) is 9.47 Å². The van der Waals surface area contributed by atoms with Gasteiger partial charge in [-0.05, 0) is 47.4 Å². The van der Waals surface area contributed by atoms with E-state index in [0.717, 1.165) is 34.1 Å². The fraction of sp³-hybridized carbons (Fsp3) is 0.136. The van der Waals surface area contributed by atoms with E-state index >= 15 is 0 Å². The van der Waals surface area contributed by atoms with E-state index in [1.807, 2.05) is 36.4 Å². The molecule has 7 nitrogen and oxygen atoms in total. The maximum atomic E-state index is 12.6. The zero-order valence-electron chi connectivity index (χ0n) is 17.1. The van der Waals surface area contributed by atoms with E-state index in [2.05, 4.69) is 26.3 Å². The fourth-order valence-electron chi connectivity index (χ4n) is 3.26. The van der Waals surface area contributed by atoms with Gasteiger partial charge >= 0.3 is 0 Å². The molecular formula is C22H18Cl2N4O3S2. The van der Waals surface area contributed by atoms with Gasteiger partial charge in [0.25, 0.3) is 15.9 Å². The number of halogens is 2. The highest BCUT2D eigenvalue weighted by Gasteiger charge is 2.21. The van der Waals surface area contributed by atoms with Crippen LogP contribution in [-0.4, -0.2) is 31.1 Å². The lowest BCUT2D eigenvalue weighted by molar-refractivity contribution is 0.102. The van der Waals surface area contributed by atoms with Gasteiger partial charge in [-0.1, -0.05) is 77.0 Å². The van der Waals surface area contributed by atoms with E-state index in [9.17, 15) is 13.2 Å². The molecule has 0 aliphatic carbocycles. The van der Waals surface area contributed by atoms with E-state index in [-0.39, 0.29) is 26.6 Å². The summed E-state index contributed by atoms with van der Waals surface area (Å²) < 4.78 is 27.4. The fourth-order valence-corrected chi connectivity index (χ4v) is 5.77. The number of fused-ring (bicyclic) bond motifs is 1. The molecule has 0 aliphatic heterocycles. The second kappa shape index (κ2) is 10.1. The Morgan fingerprint density at radius 3 is 2.61 bits per heavy atom. The first-order valence-electron chi connectivity index (χ1n) is 9.90. The molecule has 2 N–H and O–H groups in total. The average Bonchev–Trinajstić information content (AvgIpc) is 3.26. The predicted molar refractivity (Wildman–Crippen MR) is 132 cm³/mol. The van der Waals surface area contributed by atoms with Crippen molar-refractivity contribution >= 4 is 66.4 Å². The Balaban J connectivity index is 1.35. The Kier molecular flexibility index (Phi) is 7.26. The van der Waals surface area contributed by atoms with E-state index in [1.54, 1.807) is 0 Å². The van der Waals surface area contributed by atoms with E-state index in [4.69, 9.17) is 23.2 Å². The number of anilines is 1. The number of benzene rings is 3. The van der Waals surface area contributed by atoms with Crippen LogP contribution in [0.2, 0.25) is 10.0 Å². The van der Waals surface area contributed by atoms with Crippen molar-refractivity contribution in [2.45, 2.75) is 17.2 Å². The number of aryl methyl sites for hydroxylation is 1. The summed E-state index contributed by atoms with van der Waals surface area (Å²) in [5.41, 5.74) is 1.35. The third kappa shape index (κ3) is 5.69. The zero-order chi connectivity index (χ0) is 23.4. The minimum Gasteiger partial charge on any atom is -0.296 e. The summed E-state index contributed by atoms with van der Waals surface area (Å²) in [4.78, 5) is 12.4. The Labute approximate surface area is 204 Å². The molecular weight excluding hydrogens is 503 g/mol. The molecule has 0 saturated carbocycles. The maximum Gasteiger partial charge on any atom is 0.269 e. The zero-order valence-corrected chi connectivity index (χ0v) is 20.2. The molecule has 0 atom stereocenters. The van der Waals surface area contributed by atoms with Crippen molar-refractivity contribution in [3.8, 4) is 0 Å². The summed E-state index contributed by atoms with van der Waals surface area (Å²) in [7, 11) is -3.85. The normalized spacial score (nSPS) is 11.6. The molecule has 4 aromatic rings. The van der Waals surface area contributed by atoms with Gasteiger partial charge in [0.1, 0.15) is 0 Å². The number of nitrogens with one attached hydrogen (secondary N) is 2. The molecule has 0 unspecified atom stereocenters. The smallest absolute Gasteiger partial charge is 0.269 e. The number of carbonyl (C=O) groups excluding carboxylic acids is 1. The number of amides is 1. The van der Waals surface area contributed by atoms with Crippen LogP contribution in [0.1, 0.15) is 22.3 Å². The highest BCUT2D eigenvalue weighted by atomic mass is 35.5. The van der Waals surface area contributed by atoms with Crippen LogP contribution in [0.5, 0.6) is 0 Å². The van der Waals surface area contributed by atoms with Crippen LogP contribution >= 0.6 is 34.5 Å². The van der Waals surface area contributed by atoms with Gasteiger partial charge in [0.05, 0.1) is 10.6 Å². The van der Waals surface area contributed by atoms with Crippen molar-refractivity contribution in [1.29, 1.82) is 0 Å². The maximum absolute atomic E-state index is 12.6. The molecule has 1 heterocycles. The Hall–Kier alpha value is -2.56. The summed E-state index contributed by atoms with van der Waals surface area (Å²) in [5.74, 6) is -0.542. The minimum atomic E-state index is -3.85.